The first kappa shape index (κ1) is 14.1. The molecule has 4 heteroatoms. The van der Waals surface area contributed by atoms with Crippen LogP contribution in [0, 0.1) is 13.8 Å². The molecule has 0 saturated heterocycles. The van der Waals surface area contributed by atoms with Gasteiger partial charge in [-0.2, -0.15) is 0 Å². The lowest BCUT2D eigenvalue weighted by Gasteiger charge is -2.09. The molecule has 0 unspecified atom stereocenters. The fourth-order valence-electron chi connectivity index (χ4n) is 2.32. The highest BCUT2D eigenvalue weighted by Gasteiger charge is 2.06. The Morgan fingerprint density at radius 2 is 1.80 bits per heavy atom. The van der Waals surface area contributed by atoms with Crippen molar-refractivity contribution in [3.05, 3.63) is 80.6 Å². The van der Waals surface area contributed by atoms with Crippen molar-refractivity contribution in [2.75, 3.05) is 0 Å². The number of rotatable bonds is 4. The van der Waals surface area contributed by atoms with Crippen LogP contribution < -0.4 is 11.2 Å². The SMILES string of the molecule is C=CCn1ccc(=O)n(Cc2cc(C)cc(C)c2)c1=O. The molecule has 2 rings (SSSR count). The highest BCUT2D eigenvalue weighted by molar-refractivity contribution is 5.28. The molecule has 1 aromatic heterocycles. The van der Waals surface area contributed by atoms with E-state index in [0.29, 0.717) is 6.54 Å². The van der Waals surface area contributed by atoms with Crippen LogP contribution in [-0.4, -0.2) is 9.13 Å². The zero-order chi connectivity index (χ0) is 14.7. The number of nitrogens with zero attached hydrogens (tertiary/aromatic N) is 2. The van der Waals surface area contributed by atoms with E-state index in [1.807, 2.05) is 26.0 Å². The third-order valence-corrected chi connectivity index (χ3v) is 3.09. The lowest BCUT2D eigenvalue weighted by atomic mass is 10.1. The quantitative estimate of drug-likeness (QED) is 0.796. The van der Waals surface area contributed by atoms with Gasteiger partial charge >= 0.3 is 5.69 Å². The van der Waals surface area contributed by atoms with Crippen LogP contribution in [0.2, 0.25) is 0 Å². The van der Waals surface area contributed by atoms with Gasteiger partial charge in [-0.25, -0.2) is 4.79 Å². The van der Waals surface area contributed by atoms with E-state index in [1.165, 1.54) is 21.4 Å². The summed E-state index contributed by atoms with van der Waals surface area (Å²) in [7, 11) is 0. The lowest BCUT2D eigenvalue weighted by Crippen LogP contribution is -2.39. The summed E-state index contributed by atoms with van der Waals surface area (Å²) in [4.78, 5) is 24.1. The number of allylic oxidation sites excluding steroid dienone is 1. The molecule has 0 spiro atoms. The molecule has 0 aliphatic rings. The summed E-state index contributed by atoms with van der Waals surface area (Å²) in [5.41, 5.74) is 2.61. The lowest BCUT2D eigenvalue weighted by molar-refractivity contribution is 0.617. The van der Waals surface area contributed by atoms with Gasteiger partial charge in [0.05, 0.1) is 6.54 Å². The summed E-state index contributed by atoms with van der Waals surface area (Å²) in [6.07, 6.45) is 3.14. The predicted octanol–water partition coefficient (Wildman–Crippen LogP) is 1.86. The van der Waals surface area contributed by atoms with Crippen LogP contribution in [0.5, 0.6) is 0 Å². The zero-order valence-electron chi connectivity index (χ0n) is 11.8. The zero-order valence-corrected chi connectivity index (χ0v) is 11.8. The van der Waals surface area contributed by atoms with E-state index in [9.17, 15) is 9.59 Å². The monoisotopic (exact) mass is 270 g/mol. The molecule has 104 valence electrons. The van der Waals surface area contributed by atoms with Crippen LogP contribution in [-0.2, 0) is 13.1 Å². The van der Waals surface area contributed by atoms with Crippen molar-refractivity contribution in [2.45, 2.75) is 26.9 Å². The van der Waals surface area contributed by atoms with E-state index in [1.54, 1.807) is 6.08 Å². The van der Waals surface area contributed by atoms with Crippen molar-refractivity contribution in [2.24, 2.45) is 0 Å². The average molecular weight is 270 g/mol. The molecular formula is C16H18N2O2. The third kappa shape index (κ3) is 2.96. The van der Waals surface area contributed by atoms with Gasteiger partial charge in [-0.1, -0.05) is 35.4 Å². The molecule has 0 amide bonds. The summed E-state index contributed by atoms with van der Waals surface area (Å²) in [6, 6.07) is 7.45. The van der Waals surface area contributed by atoms with Crippen LogP contribution in [0.25, 0.3) is 0 Å². The maximum absolute atomic E-state index is 12.2. The van der Waals surface area contributed by atoms with Crippen molar-refractivity contribution in [3.63, 3.8) is 0 Å². The van der Waals surface area contributed by atoms with Gasteiger partial charge < -0.3 is 0 Å². The molecule has 0 fully saturated rings. The Morgan fingerprint density at radius 3 is 2.40 bits per heavy atom. The van der Waals surface area contributed by atoms with Gasteiger partial charge in [0.1, 0.15) is 0 Å². The minimum absolute atomic E-state index is 0.283. The smallest absolute Gasteiger partial charge is 0.297 e. The van der Waals surface area contributed by atoms with E-state index in [2.05, 4.69) is 12.6 Å². The second kappa shape index (κ2) is 5.74. The predicted molar refractivity (Wildman–Crippen MR) is 80.2 cm³/mol. The summed E-state index contributed by atoms with van der Waals surface area (Å²) in [6.45, 7) is 8.29. The van der Waals surface area contributed by atoms with Crippen LogP contribution in [0.4, 0.5) is 0 Å². The summed E-state index contributed by atoms with van der Waals surface area (Å²) in [5, 5.41) is 0. The minimum Gasteiger partial charge on any atom is -0.297 e. The van der Waals surface area contributed by atoms with E-state index in [-0.39, 0.29) is 17.8 Å². The van der Waals surface area contributed by atoms with Gasteiger partial charge in [0.15, 0.2) is 0 Å². The van der Waals surface area contributed by atoms with E-state index in [0.717, 1.165) is 16.7 Å². The fraction of sp³-hybridized carbons (Fsp3) is 0.250. The summed E-state index contributed by atoms with van der Waals surface area (Å²) >= 11 is 0. The Balaban J connectivity index is 2.47. The highest BCUT2D eigenvalue weighted by atomic mass is 16.2. The van der Waals surface area contributed by atoms with Crippen LogP contribution in [0.3, 0.4) is 0 Å². The molecule has 4 nitrogen and oxygen atoms in total. The van der Waals surface area contributed by atoms with Crippen molar-refractivity contribution in [1.82, 2.24) is 9.13 Å². The topological polar surface area (TPSA) is 44.0 Å². The van der Waals surface area contributed by atoms with Gasteiger partial charge in [0.25, 0.3) is 5.56 Å². The van der Waals surface area contributed by atoms with Crippen LogP contribution in [0.15, 0.2) is 52.7 Å². The first-order valence-corrected chi connectivity index (χ1v) is 6.49. The molecule has 0 N–H and O–H groups in total. The number of hydrogen-bond acceptors (Lipinski definition) is 2. The number of hydrogen-bond donors (Lipinski definition) is 0. The van der Waals surface area contributed by atoms with Crippen molar-refractivity contribution < 1.29 is 0 Å². The Labute approximate surface area is 117 Å². The maximum Gasteiger partial charge on any atom is 0.331 e. The van der Waals surface area contributed by atoms with Crippen LogP contribution >= 0.6 is 0 Å². The molecule has 1 heterocycles. The van der Waals surface area contributed by atoms with Gasteiger partial charge in [-0.3, -0.25) is 13.9 Å². The molecule has 20 heavy (non-hydrogen) atoms. The number of benzene rings is 1. The molecule has 2 aromatic rings. The minimum atomic E-state index is -0.309. The number of aryl methyl sites for hydroxylation is 2. The Hall–Kier alpha value is -2.36. The number of aromatic nitrogens is 2. The van der Waals surface area contributed by atoms with E-state index in [4.69, 9.17) is 0 Å². The summed E-state index contributed by atoms with van der Waals surface area (Å²) < 4.78 is 2.72. The van der Waals surface area contributed by atoms with E-state index < -0.39 is 0 Å². The molecule has 1 aromatic carbocycles. The Kier molecular flexibility index (Phi) is 4.03. The molecule has 0 radical (unpaired) electrons. The summed E-state index contributed by atoms with van der Waals surface area (Å²) in [5.74, 6) is 0. The van der Waals surface area contributed by atoms with E-state index >= 15 is 0 Å². The van der Waals surface area contributed by atoms with Crippen LogP contribution in [0.1, 0.15) is 16.7 Å². The Morgan fingerprint density at radius 1 is 1.15 bits per heavy atom. The molecule has 0 atom stereocenters. The molecule has 0 aliphatic heterocycles. The van der Waals surface area contributed by atoms with Gasteiger partial charge in [0, 0.05) is 18.8 Å². The van der Waals surface area contributed by atoms with Gasteiger partial charge in [-0.05, 0) is 19.4 Å². The Bertz CT molecular complexity index is 734. The first-order valence-electron chi connectivity index (χ1n) is 6.49. The molecule has 0 saturated carbocycles. The normalized spacial score (nSPS) is 10.5. The average Bonchev–Trinajstić information content (AvgIpc) is 2.37. The molecular weight excluding hydrogens is 252 g/mol. The molecule has 0 aliphatic carbocycles. The first-order chi connectivity index (χ1) is 9.51. The fourth-order valence-corrected chi connectivity index (χ4v) is 2.32. The van der Waals surface area contributed by atoms with Gasteiger partial charge in [-0.15, -0.1) is 6.58 Å². The van der Waals surface area contributed by atoms with Gasteiger partial charge in [0.2, 0.25) is 0 Å². The van der Waals surface area contributed by atoms with Crippen molar-refractivity contribution >= 4 is 0 Å². The maximum atomic E-state index is 12.2. The van der Waals surface area contributed by atoms with Crippen molar-refractivity contribution in [3.8, 4) is 0 Å². The molecule has 0 bridgehead atoms. The third-order valence-electron chi connectivity index (χ3n) is 3.09. The highest BCUT2D eigenvalue weighted by Crippen LogP contribution is 2.09. The second-order valence-electron chi connectivity index (χ2n) is 4.96. The van der Waals surface area contributed by atoms with Crippen molar-refractivity contribution in [1.29, 1.82) is 0 Å². The standard InChI is InChI=1S/C16H18N2O2/c1-4-6-17-7-5-15(19)18(16(17)20)11-14-9-12(2)8-13(3)10-14/h4-5,7-10H,1,6,11H2,2-3H3. The largest absolute Gasteiger partial charge is 0.331 e. The second-order valence-corrected chi connectivity index (χ2v) is 4.96.